The molecule has 1 aromatic rings. The molecule has 0 heterocycles. The molecule has 0 aliphatic rings. The molecule has 1 aromatic carbocycles. The number of benzene rings is 1. The maximum absolute atomic E-state index is 9.80. The second kappa shape index (κ2) is 3.21. The molecule has 0 bridgehead atoms. The maximum Gasteiger partial charge on any atom is 0.299 e. The van der Waals surface area contributed by atoms with E-state index in [0.717, 1.165) is 0 Å². The zero-order chi connectivity index (χ0) is 8.27. The van der Waals surface area contributed by atoms with Gasteiger partial charge in [0.2, 0.25) is 0 Å². The summed E-state index contributed by atoms with van der Waals surface area (Å²) in [6.07, 6.45) is 0. The zero-order valence-corrected chi connectivity index (χ0v) is 6.12. The molecule has 0 fully saturated rings. The van der Waals surface area contributed by atoms with E-state index in [2.05, 4.69) is 4.84 Å². The summed E-state index contributed by atoms with van der Waals surface area (Å²) in [5.74, 6) is 0.166. The van der Waals surface area contributed by atoms with E-state index in [4.69, 9.17) is 11.6 Å². The Balaban J connectivity index is 2.74. The lowest BCUT2D eigenvalue weighted by Crippen LogP contribution is -2.02. The molecule has 0 aromatic heterocycles. The van der Waals surface area contributed by atoms with E-state index >= 15 is 0 Å². The minimum absolute atomic E-state index is 0.166. The van der Waals surface area contributed by atoms with Gasteiger partial charge >= 0.3 is 0 Å². The second-order valence-corrected chi connectivity index (χ2v) is 2.21. The van der Waals surface area contributed by atoms with Crippen molar-refractivity contribution in [1.29, 1.82) is 0 Å². The smallest absolute Gasteiger partial charge is 0.276 e. The van der Waals surface area contributed by atoms with Gasteiger partial charge in [0.1, 0.15) is 5.75 Å². The molecule has 4 nitrogen and oxygen atoms in total. The molecule has 0 saturated heterocycles. The van der Waals surface area contributed by atoms with Crippen LogP contribution in [0, 0.1) is 10.1 Å². The Morgan fingerprint density at radius 3 is 2.36 bits per heavy atom. The summed E-state index contributed by atoms with van der Waals surface area (Å²) in [7, 11) is 0. The highest BCUT2D eigenvalue weighted by Gasteiger charge is 1.97. The first-order chi connectivity index (χ1) is 5.18. The summed E-state index contributed by atoms with van der Waals surface area (Å²) in [5.41, 5.74) is 0. The summed E-state index contributed by atoms with van der Waals surface area (Å²) < 4.78 is 0. The molecule has 0 atom stereocenters. The fourth-order valence-electron chi connectivity index (χ4n) is 0.582. The van der Waals surface area contributed by atoms with Crippen LogP contribution in [0.5, 0.6) is 5.75 Å². The highest BCUT2D eigenvalue weighted by Crippen LogP contribution is 2.15. The van der Waals surface area contributed by atoms with Crippen LogP contribution < -0.4 is 4.84 Å². The van der Waals surface area contributed by atoms with Crippen LogP contribution in [0.3, 0.4) is 0 Å². The van der Waals surface area contributed by atoms with Crippen LogP contribution in [0.2, 0.25) is 5.02 Å². The average Bonchev–Trinajstić information content (AvgIpc) is 1.93. The summed E-state index contributed by atoms with van der Waals surface area (Å²) in [5, 5.41) is 9.45. The van der Waals surface area contributed by atoms with Gasteiger partial charge in [-0.25, -0.2) is 0 Å². The normalized spacial score (nSPS) is 9.18. The largest absolute Gasteiger partial charge is 0.299 e. The summed E-state index contributed by atoms with van der Waals surface area (Å²) in [6.45, 7) is 0. The Kier molecular flexibility index (Phi) is 2.28. The van der Waals surface area contributed by atoms with Crippen molar-refractivity contribution in [3.63, 3.8) is 0 Å². The van der Waals surface area contributed by atoms with Gasteiger partial charge in [0.15, 0.2) is 0 Å². The van der Waals surface area contributed by atoms with E-state index < -0.39 is 5.09 Å². The molecular weight excluding hydrogens is 170 g/mol. The number of halogens is 1. The van der Waals surface area contributed by atoms with Gasteiger partial charge in [-0.05, 0) is 24.3 Å². The van der Waals surface area contributed by atoms with Crippen LogP contribution in [0.1, 0.15) is 0 Å². The molecule has 0 radical (unpaired) electrons. The van der Waals surface area contributed by atoms with Gasteiger partial charge in [-0.15, -0.1) is 10.1 Å². The molecular formula is C6H4ClNO3. The number of hydrogen-bond donors (Lipinski definition) is 0. The molecule has 0 aliphatic heterocycles. The van der Waals surface area contributed by atoms with E-state index in [1.165, 1.54) is 24.3 Å². The van der Waals surface area contributed by atoms with Crippen molar-refractivity contribution in [1.82, 2.24) is 0 Å². The maximum atomic E-state index is 9.80. The molecule has 5 heteroatoms. The van der Waals surface area contributed by atoms with Crippen molar-refractivity contribution in [3.05, 3.63) is 39.4 Å². The molecule has 0 aliphatic carbocycles. The Labute approximate surface area is 67.5 Å². The third-order valence-electron chi connectivity index (χ3n) is 0.994. The molecule has 11 heavy (non-hydrogen) atoms. The zero-order valence-electron chi connectivity index (χ0n) is 5.36. The number of rotatable bonds is 2. The summed E-state index contributed by atoms with van der Waals surface area (Å²) in [6, 6.07) is 5.87. The van der Waals surface area contributed by atoms with E-state index in [0.29, 0.717) is 5.02 Å². The quantitative estimate of drug-likeness (QED) is 0.507. The van der Waals surface area contributed by atoms with Gasteiger partial charge in [-0.3, -0.25) is 4.84 Å². The van der Waals surface area contributed by atoms with Gasteiger partial charge in [-0.2, -0.15) is 0 Å². The number of hydrogen-bond acceptors (Lipinski definition) is 3. The van der Waals surface area contributed by atoms with Crippen molar-refractivity contribution < 1.29 is 9.92 Å². The number of nitrogens with zero attached hydrogens (tertiary/aromatic N) is 1. The van der Waals surface area contributed by atoms with Crippen molar-refractivity contribution in [2.24, 2.45) is 0 Å². The van der Waals surface area contributed by atoms with Gasteiger partial charge < -0.3 is 0 Å². The van der Waals surface area contributed by atoms with Crippen LogP contribution in [0.25, 0.3) is 0 Å². The van der Waals surface area contributed by atoms with Gasteiger partial charge in [0.05, 0.1) is 0 Å². The Bertz CT molecular complexity index is 259. The first kappa shape index (κ1) is 7.81. The molecule has 0 saturated carbocycles. The molecule has 0 unspecified atom stereocenters. The molecule has 0 spiro atoms. The lowest BCUT2D eigenvalue weighted by atomic mass is 10.3. The van der Waals surface area contributed by atoms with Crippen molar-refractivity contribution >= 4 is 11.6 Å². The summed E-state index contributed by atoms with van der Waals surface area (Å²) in [4.78, 5) is 13.9. The Morgan fingerprint density at radius 2 is 1.91 bits per heavy atom. The van der Waals surface area contributed by atoms with Crippen LogP contribution >= 0.6 is 11.6 Å². The monoisotopic (exact) mass is 173 g/mol. The van der Waals surface area contributed by atoms with Gasteiger partial charge in [0.25, 0.3) is 5.09 Å². The fraction of sp³-hybridized carbons (Fsp3) is 0. The lowest BCUT2D eigenvalue weighted by molar-refractivity contribution is -0.711. The predicted octanol–water partition coefficient (Wildman–Crippen LogP) is 1.91. The van der Waals surface area contributed by atoms with E-state index in [1.807, 2.05) is 0 Å². The van der Waals surface area contributed by atoms with Crippen LogP contribution in [0.15, 0.2) is 24.3 Å². The highest BCUT2D eigenvalue weighted by atomic mass is 35.5. The highest BCUT2D eigenvalue weighted by molar-refractivity contribution is 6.30. The molecule has 58 valence electrons. The van der Waals surface area contributed by atoms with E-state index in [9.17, 15) is 10.1 Å². The van der Waals surface area contributed by atoms with Crippen molar-refractivity contribution in [3.8, 4) is 5.75 Å². The Hall–Kier alpha value is -1.29. The van der Waals surface area contributed by atoms with Crippen LogP contribution in [-0.4, -0.2) is 5.09 Å². The van der Waals surface area contributed by atoms with Crippen LogP contribution in [-0.2, 0) is 0 Å². The lowest BCUT2D eigenvalue weighted by Gasteiger charge is -1.95. The first-order valence-electron chi connectivity index (χ1n) is 2.76. The molecule has 1 rings (SSSR count). The van der Waals surface area contributed by atoms with E-state index in [-0.39, 0.29) is 5.75 Å². The topological polar surface area (TPSA) is 52.4 Å². The van der Waals surface area contributed by atoms with Gasteiger partial charge in [0, 0.05) is 5.02 Å². The SMILES string of the molecule is O=[N+]([O-])Oc1ccc(Cl)cc1. The van der Waals surface area contributed by atoms with Crippen LogP contribution in [0.4, 0.5) is 0 Å². The minimum Gasteiger partial charge on any atom is -0.276 e. The fourth-order valence-corrected chi connectivity index (χ4v) is 0.708. The molecule has 0 amide bonds. The Morgan fingerprint density at radius 1 is 1.36 bits per heavy atom. The standard InChI is InChI=1S/C6H4ClNO3/c7-5-1-3-6(4-2-5)11-8(9)10/h1-4H. The second-order valence-electron chi connectivity index (χ2n) is 1.77. The van der Waals surface area contributed by atoms with E-state index in [1.54, 1.807) is 0 Å². The predicted molar refractivity (Wildman–Crippen MR) is 39.1 cm³/mol. The van der Waals surface area contributed by atoms with Crippen molar-refractivity contribution in [2.45, 2.75) is 0 Å². The average molecular weight is 174 g/mol. The third-order valence-corrected chi connectivity index (χ3v) is 1.25. The summed E-state index contributed by atoms with van der Waals surface area (Å²) >= 11 is 5.52. The van der Waals surface area contributed by atoms with Crippen molar-refractivity contribution in [2.75, 3.05) is 0 Å². The van der Waals surface area contributed by atoms with Gasteiger partial charge in [-0.1, -0.05) is 11.6 Å². The molecule has 0 N–H and O–H groups in total. The minimum atomic E-state index is -0.872. The first-order valence-corrected chi connectivity index (χ1v) is 3.14. The third kappa shape index (κ3) is 2.43.